The fraction of sp³-hybridized carbons (Fsp3) is 0.118. The molecule has 0 aliphatic carbocycles. The van der Waals surface area contributed by atoms with Gasteiger partial charge < -0.3 is 5.73 Å². The highest BCUT2D eigenvalue weighted by atomic mass is 35.5. The summed E-state index contributed by atoms with van der Waals surface area (Å²) in [6.07, 6.45) is 1.80. The van der Waals surface area contributed by atoms with Gasteiger partial charge >= 0.3 is 0 Å². The zero-order valence-corrected chi connectivity index (χ0v) is 11.9. The minimum atomic E-state index is -0.0604. The summed E-state index contributed by atoms with van der Waals surface area (Å²) >= 11 is 6.30. The lowest BCUT2D eigenvalue weighted by molar-refractivity contribution is 0.819. The van der Waals surface area contributed by atoms with Crippen molar-refractivity contribution in [1.29, 1.82) is 0 Å². The van der Waals surface area contributed by atoms with Gasteiger partial charge in [-0.05, 0) is 41.8 Å². The van der Waals surface area contributed by atoms with Gasteiger partial charge in [-0.25, -0.2) is 0 Å². The molecule has 0 aliphatic heterocycles. The van der Waals surface area contributed by atoms with Gasteiger partial charge in [-0.3, -0.25) is 4.98 Å². The lowest BCUT2D eigenvalue weighted by Crippen LogP contribution is -2.05. The molecule has 0 aliphatic rings. The highest BCUT2D eigenvalue weighted by molar-refractivity contribution is 6.31. The quantitative estimate of drug-likeness (QED) is 0.747. The van der Waals surface area contributed by atoms with Crippen LogP contribution in [0.25, 0.3) is 22.0 Å². The Labute approximate surface area is 123 Å². The van der Waals surface area contributed by atoms with E-state index >= 15 is 0 Å². The molecule has 3 heteroatoms. The van der Waals surface area contributed by atoms with Crippen LogP contribution in [0.2, 0.25) is 5.02 Å². The molecule has 1 aromatic heterocycles. The van der Waals surface area contributed by atoms with Gasteiger partial charge in [0.2, 0.25) is 0 Å². The molecule has 0 bridgehead atoms. The van der Waals surface area contributed by atoms with Gasteiger partial charge in [0.15, 0.2) is 0 Å². The van der Waals surface area contributed by atoms with E-state index in [1.807, 2.05) is 25.1 Å². The minimum absolute atomic E-state index is 0.0604. The fourth-order valence-corrected chi connectivity index (χ4v) is 2.67. The number of hydrogen-bond acceptors (Lipinski definition) is 2. The van der Waals surface area contributed by atoms with E-state index in [2.05, 4.69) is 35.3 Å². The van der Waals surface area contributed by atoms with Crippen molar-refractivity contribution >= 4 is 22.5 Å². The molecular weight excluding hydrogens is 268 g/mol. The van der Waals surface area contributed by atoms with E-state index in [1.54, 1.807) is 6.20 Å². The van der Waals surface area contributed by atoms with Crippen molar-refractivity contribution in [3.63, 3.8) is 0 Å². The maximum Gasteiger partial charge on any atom is 0.0708 e. The third-order valence-corrected chi connectivity index (χ3v) is 3.76. The standard InChI is InChI=1S/C17H15ClN2/c1-11(19)15-7-6-13(9-16(15)18)14-5-4-12-3-2-8-20-17(12)10-14/h2-11H,19H2,1H3. The fourth-order valence-electron chi connectivity index (χ4n) is 2.32. The first-order valence-electron chi connectivity index (χ1n) is 6.55. The molecule has 1 heterocycles. The molecule has 3 aromatic rings. The molecule has 0 amide bonds. The van der Waals surface area contributed by atoms with Crippen LogP contribution in [0.5, 0.6) is 0 Å². The van der Waals surface area contributed by atoms with Gasteiger partial charge in [0.05, 0.1) is 5.52 Å². The monoisotopic (exact) mass is 282 g/mol. The van der Waals surface area contributed by atoms with E-state index in [-0.39, 0.29) is 6.04 Å². The second-order valence-electron chi connectivity index (χ2n) is 4.94. The van der Waals surface area contributed by atoms with Gasteiger partial charge in [-0.2, -0.15) is 0 Å². The second-order valence-corrected chi connectivity index (χ2v) is 5.34. The Kier molecular flexibility index (Phi) is 3.43. The van der Waals surface area contributed by atoms with Crippen LogP contribution in [-0.4, -0.2) is 4.98 Å². The number of rotatable bonds is 2. The SMILES string of the molecule is CC(N)c1ccc(-c2ccc3cccnc3c2)cc1Cl. The minimum Gasteiger partial charge on any atom is -0.324 e. The summed E-state index contributed by atoms with van der Waals surface area (Å²) in [7, 11) is 0. The van der Waals surface area contributed by atoms with E-state index in [0.29, 0.717) is 5.02 Å². The summed E-state index contributed by atoms with van der Waals surface area (Å²) in [6.45, 7) is 1.93. The van der Waals surface area contributed by atoms with Crippen molar-refractivity contribution in [3.8, 4) is 11.1 Å². The number of benzene rings is 2. The molecule has 0 spiro atoms. The average Bonchev–Trinajstić information content (AvgIpc) is 2.46. The van der Waals surface area contributed by atoms with Crippen LogP contribution in [-0.2, 0) is 0 Å². The molecule has 0 radical (unpaired) electrons. The molecule has 1 atom stereocenters. The summed E-state index contributed by atoms with van der Waals surface area (Å²) in [5.41, 5.74) is 10.0. The van der Waals surface area contributed by atoms with Crippen LogP contribution in [0.15, 0.2) is 54.7 Å². The highest BCUT2D eigenvalue weighted by Gasteiger charge is 2.07. The van der Waals surface area contributed by atoms with E-state index in [0.717, 1.165) is 27.6 Å². The van der Waals surface area contributed by atoms with Crippen molar-refractivity contribution in [1.82, 2.24) is 4.98 Å². The third-order valence-electron chi connectivity index (χ3n) is 3.43. The predicted octanol–water partition coefficient (Wildman–Crippen LogP) is 4.57. The number of nitrogens with zero attached hydrogens (tertiary/aromatic N) is 1. The molecule has 2 aromatic carbocycles. The van der Waals surface area contributed by atoms with E-state index in [9.17, 15) is 0 Å². The molecule has 3 rings (SSSR count). The Morgan fingerprint density at radius 2 is 1.80 bits per heavy atom. The van der Waals surface area contributed by atoms with E-state index in [4.69, 9.17) is 17.3 Å². The second kappa shape index (κ2) is 5.23. The summed E-state index contributed by atoms with van der Waals surface area (Å²) in [5, 5.41) is 1.84. The molecule has 2 N–H and O–H groups in total. The Hall–Kier alpha value is -1.90. The van der Waals surface area contributed by atoms with Crippen molar-refractivity contribution in [2.75, 3.05) is 0 Å². The smallest absolute Gasteiger partial charge is 0.0708 e. The number of pyridine rings is 1. The van der Waals surface area contributed by atoms with E-state index < -0.39 is 0 Å². The number of aromatic nitrogens is 1. The molecule has 2 nitrogen and oxygen atoms in total. The molecule has 100 valence electrons. The molecule has 0 fully saturated rings. The van der Waals surface area contributed by atoms with Crippen molar-refractivity contribution in [2.45, 2.75) is 13.0 Å². The number of halogens is 1. The lowest BCUT2D eigenvalue weighted by Gasteiger charge is -2.10. The molecular formula is C17H15ClN2. The Morgan fingerprint density at radius 1 is 1.05 bits per heavy atom. The zero-order valence-electron chi connectivity index (χ0n) is 11.2. The molecule has 20 heavy (non-hydrogen) atoms. The number of fused-ring (bicyclic) bond motifs is 1. The van der Waals surface area contributed by atoms with Crippen molar-refractivity contribution in [3.05, 3.63) is 65.3 Å². The first-order chi connectivity index (χ1) is 9.65. The van der Waals surface area contributed by atoms with Crippen LogP contribution < -0.4 is 5.73 Å². The average molecular weight is 283 g/mol. The van der Waals surface area contributed by atoms with Crippen LogP contribution in [0, 0.1) is 0 Å². The van der Waals surface area contributed by atoms with Gasteiger partial charge in [0, 0.05) is 22.6 Å². The van der Waals surface area contributed by atoms with Crippen molar-refractivity contribution in [2.24, 2.45) is 5.73 Å². The highest BCUT2D eigenvalue weighted by Crippen LogP contribution is 2.29. The maximum absolute atomic E-state index is 6.30. The summed E-state index contributed by atoms with van der Waals surface area (Å²) in [4.78, 5) is 4.38. The predicted molar refractivity (Wildman–Crippen MR) is 84.8 cm³/mol. The maximum atomic E-state index is 6.30. The summed E-state index contributed by atoms with van der Waals surface area (Å²) in [6, 6.07) is 16.2. The van der Waals surface area contributed by atoms with Crippen LogP contribution in [0.1, 0.15) is 18.5 Å². The zero-order chi connectivity index (χ0) is 14.1. The number of hydrogen-bond donors (Lipinski definition) is 1. The van der Waals surface area contributed by atoms with Crippen LogP contribution in [0.4, 0.5) is 0 Å². The van der Waals surface area contributed by atoms with Gasteiger partial charge in [0.1, 0.15) is 0 Å². The number of nitrogens with two attached hydrogens (primary N) is 1. The summed E-state index contributed by atoms with van der Waals surface area (Å²) < 4.78 is 0. The van der Waals surface area contributed by atoms with Crippen molar-refractivity contribution < 1.29 is 0 Å². The van der Waals surface area contributed by atoms with E-state index in [1.165, 1.54) is 0 Å². The Morgan fingerprint density at radius 3 is 2.55 bits per heavy atom. The Bertz CT molecular complexity index is 766. The normalized spacial score (nSPS) is 12.6. The first-order valence-corrected chi connectivity index (χ1v) is 6.93. The molecule has 0 saturated carbocycles. The summed E-state index contributed by atoms with van der Waals surface area (Å²) in [5.74, 6) is 0. The largest absolute Gasteiger partial charge is 0.324 e. The molecule has 0 saturated heterocycles. The topological polar surface area (TPSA) is 38.9 Å². The van der Waals surface area contributed by atoms with Gasteiger partial charge in [-0.1, -0.05) is 41.9 Å². The van der Waals surface area contributed by atoms with Gasteiger partial charge in [0.25, 0.3) is 0 Å². The van der Waals surface area contributed by atoms with Crippen LogP contribution >= 0.6 is 11.6 Å². The van der Waals surface area contributed by atoms with Crippen LogP contribution in [0.3, 0.4) is 0 Å². The lowest BCUT2D eigenvalue weighted by atomic mass is 10.0. The third kappa shape index (κ3) is 2.40. The first kappa shape index (κ1) is 13.1. The van der Waals surface area contributed by atoms with Gasteiger partial charge in [-0.15, -0.1) is 0 Å². The molecule has 1 unspecified atom stereocenters. The Balaban J connectivity index is 2.08.